The number of halogens is 1. The summed E-state index contributed by atoms with van der Waals surface area (Å²) in [5.74, 6) is -0.208. The predicted molar refractivity (Wildman–Crippen MR) is 79.0 cm³/mol. The first-order chi connectivity index (χ1) is 9.43. The van der Waals surface area contributed by atoms with Gasteiger partial charge in [-0.2, -0.15) is 0 Å². The Morgan fingerprint density at radius 3 is 2.55 bits per heavy atom. The van der Waals surface area contributed by atoms with Crippen LogP contribution >= 0.6 is 0 Å². The van der Waals surface area contributed by atoms with Crippen LogP contribution in [0.25, 0.3) is 0 Å². The van der Waals surface area contributed by atoms with Crippen LogP contribution in [0.1, 0.15) is 38.8 Å². The lowest BCUT2D eigenvalue weighted by Gasteiger charge is -2.44. The number of benzene rings is 1. The quantitative estimate of drug-likeness (QED) is 0.921. The Morgan fingerprint density at radius 2 is 2.00 bits per heavy atom. The molecular weight excluding hydrogens is 255 g/mol. The van der Waals surface area contributed by atoms with Crippen LogP contribution in [0.2, 0.25) is 0 Å². The highest BCUT2D eigenvalue weighted by molar-refractivity contribution is 5.22. The van der Waals surface area contributed by atoms with Crippen LogP contribution in [0.4, 0.5) is 4.39 Å². The summed E-state index contributed by atoms with van der Waals surface area (Å²) in [7, 11) is 0. The van der Waals surface area contributed by atoms with E-state index in [1.165, 1.54) is 12.1 Å². The van der Waals surface area contributed by atoms with Gasteiger partial charge in [-0.25, -0.2) is 4.39 Å². The van der Waals surface area contributed by atoms with Crippen molar-refractivity contribution >= 4 is 0 Å². The second-order valence-electron chi connectivity index (χ2n) is 6.15. The SMILES string of the molecule is CCC(N)C(c1ccc(F)cc1)N1CCOC(C)(C)C1. The third-order valence-electron chi connectivity index (χ3n) is 3.94. The standard InChI is InChI=1S/C16H25FN2O/c1-4-14(18)15(12-5-7-13(17)8-6-12)19-9-10-20-16(2,3)11-19/h5-8,14-15H,4,9-11,18H2,1-3H3. The molecule has 0 aliphatic carbocycles. The van der Waals surface area contributed by atoms with Crippen LogP contribution in [0.3, 0.4) is 0 Å². The minimum Gasteiger partial charge on any atom is -0.373 e. The third kappa shape index (κ3) is 3.57. The fourth-order valence-corrected chi connectivity index (χ4v) is 2.90. The van der Waals surface area contributed by atoms with Crippen molar-refractivity contribution in [2.75, 3.05) is 19.7 Å². The van der Waals surface area contributed by atoms with Crippen molar-refractivity contribution in [2.24, 2.45) is 5.73 Å². The summed E-state index contributed by atoms with van der Waals surface area (Å²) in [5, 5.41) is 0. The van der Waals surface area contributed by atoms with Crippen LogP contribution in [-0.2, 0) is 4.74 Å². The van der Waals surface area contributed by atoms with Crippen molar-refractivity contribution in [1.82, 2.24) is 4.90 Å². The maximum Gasteiger partial charge on any atom is 0.123 e. The number of nitrogens with two attached hydrogens (primary N) is 1. The molecule has 1 saturated heterocycles. The Morgan fingerprint density at radius 1 is 1.35 bits per heavy atom. The second-order valence-corrected chi connectivity index (χ2v) is 6.15. The molecule has 1 aromatic rings. The van der Waals surface area contributed by atoms with Crippen LogP contribution in [0.5, 0.6) is 0 Å². The van der Waals surface area contributed by atoms with E-state index in [9.17, 15) is 4.39 Å². The maximum absolute atomic E-state index is 13.1. The topological polar surface area (TPSA) is 38.5 Å². The van der Waals surface area contributed by atoms with Gasteiger partial charge in [0.2, 0.25) is 0 Å². The van der Waals surface area contributed by atoms with Crippen LogP contribution in [0, 0.1) is 5.82 Å². The van der Waals surface area contributed by atoms with E-state index in [1.807, 2.05) is 12.1 Å². The highest BCUT2D eigenvalue weighted by Crippen LogP contribution is 2.29. The molecule has 4 heteroatoms. The van der Waals surface area contributed by atoms with E-state index in [-0.39, 0.29) is 23.5 Å². The van der Waals surface area contributed by atoms with Crippen molar-refractivity contribution in [2.45, 2.75) is 44.9 Å². The summed E-state index contributed by atoms with van der Waals surface area (Å²) < 4.78 is 18.9. The van der Waals surface area contributed by atoms with Crippen molar-refractivity contribution < 1.29 is 9.13 Å². The Hall–Kier alpha value is -0.970. The lowest BCUT2D eigenvalue weighted by molar-refractivity contribution is -0.100. The predicted octanol–water partition coefficient (Wildman–Crippen LogP) is 2.71. The number of morpholine rings is 1. The number of rotatable bonds is 4. The lowest BCUT2D eigenvalue weighted by Crippen LogP contribution is -2.53. The number of nitrogens with zero attached hydrogens (tertiary/aromatic N) is 1. The number of ether oxygens (including phenoxy) is 1. The van der Waals surface area contributed by atoms with Crippen LogP contribution < -0.4 is 5.73 Å². The van der Waals surface area contributed by atoms with Gasteiger partial charge in [-0.3, -0.25) is 4.90 Å². The smallest absolute Gasteiger partial charge is 0.123 e. The van der Waals surface area contributed by atoms with Gasteiger partial charge in [0.05, 0.1) is 18.2 Å². The molecule has 20 heavy (non-hydrogen) atoms. The molecule has 1 aliphatic rings. The van der Waals surface area contributed by atoms with Crippen molar-refractivity contribution in [3.8, 4) is 0 Å². The van der Waals surface area contributed by atoms with Crippen LogP contribution in [-0.4, -0.2) is 36.2 Å². The number of hydrogen-bond donors (Lipinski definition) is 1. The highest BCUT2D eigenvalue weighted by Gasteiger charge is 2.34. The van der Waals surface area contributed by atoms with Crippen molar-refractivity contribution in [3.63, 3.8) is 0 Å². The molecule has 0 saturated carbocycles. The second kappa shape index (κ2) is 6.20. The van der Waals surface area contributed by atoms with Gasteiger partial charge in [-0.1, -0.05) is 19.1 Å². The van der Waals surface area contributed by atoms with E-state index in [4.69, 9.17) is 10.5 Å². The summed E-state index contributed by atoms with van der Waals surface area (Å²) >= 11 is 0. The molecule has 1 fully saturated rings. The monoisotopic (exact) mass is 280 g/mol. The third-order valence-corrected chi connectivity index (χ3v) is 3.94. The van der Waals surface area contributed by atoms with Gasteiger partial charge in [0.15, 0.2) is 0 Å². The molecular formula is C16H25FN2O. The molecule has 0 amide bonds. The molecule has 2 rings (SSSR count). The maximum atomic E-state index is 13.1. The summed E-state index contributed by atoms with van der Waals surface area (Å²) in [6, 6.07) is 6.86. The van der Waals surface area contributed by atoms with Gasteiger partial charge in [0, 0.05) is 19.1 Å². The van der Waals surface area contributed by atoms with E-state index in [0.717, 1.165) is 25.1 Å². The minimum absolute atomic E-state index is 0.0364. The summed E-state index contributed by atoms with van der Waals surface area (Å²) in [5.41, 5.74) is 7.25. The van der Waals surface area contributed by atoms with Gasteiger partial charge in [0.25, 0.3) is 0 Å². The van der Waals surface area contributed by atoms with Gasteiger partial charge in [0.1, 0.15) is 5.82 Å². The van der Waals surface area contributed by atoms with E-state index in [0.29, 0.717) is 6.61 Å². The van der Waals surface area contributed by atoms with E-state index in [1.54, 1.807) is 0 Å². The zero-order valence-corrected chi connectivity index (χ0v) is 12.6. The minimum atomic E-state index is -0.208. The zero-order chi connectivity index (χ0) is 14.8. The Kier molecular flexibility index (Phi) is 4.78. The highest BCUT2D eigenvalue weighted by atomic mass is 19.1. The molecule has 112 valence electrons. The summed E-state index contributed by atoms with van der Waals surface area (Å²) in [6.07, 6.45) is 0.889. The molecule has 0 aromatic heterocycles. The molecule has 1 aliphatic heterocycles. The Labute approximate surface area is 120 Å². The first-order valence-corrected chi connectivity index (χ1v) is 7.32. The fraction of sp³-hybridized carbons (Fsp3) is 0.625. The van der Waals surface area contributed by atoms with E-state index >= 15 is 0 Å². The average Bonchev–Trinajstić information content (AvgIpc) is 2.40. The number of hydrogen-bond acceptors (Lipinski definition) is 3. The van der Waals surface area contributed by atoms with Gasteiger partial charge >= 0.3 is 0 Å². The fourth-order valence-electron chi connectivity index (χ4n) is 2.90. The van der Waals surface area contributed by atoms with Gasteiger partial charge in [-0.15, -0.1) is 0 Å². The normalized spacial score (nSPS) is 22.4. The molecule has 0 spiro atoms. The molecule has 1 heterocycles. The van der Waals surface area contributed by atoms with Crippen molar-refractivity contribution in [3.05, 3.63) is 35.6 Å². The molecule has 2 unspecified atom stereocenters. The zero-order valence-electron chi connectivity index (χ0n) is 12.6. The summed E-state index contributed by atoms with van der Waals surface area (Å²) in [4.78, 5) is 2.37. The lowest BCUT2D eigenvalue weighted by atomic mass is 9.94. The first kappa shape index (κ1) is 15.4. The molecule has 2 N–H and O–H groups in total. The molecule has 0 radical (unpaired) electrons. The Balaban J connectivity index is 2.25. The first-order valence-electron chi connectivity index (χ1n) is 7.32. The Bertz CT molecular complexity index is 433. The van der Waals surface area contributed by atoms with Gasteiger partial charge in [-0.05, 0) is 38.0 Å². The van der Waals surface area contributed by atoms with Gasteiger partial charge < -0.3 is 10.5 Å². The van der Waals surface area contributed by atoms with Crippen LogP contribution in [0.15, 0.2) is 24.3 Å². The molecule has 1 aromatic carbocycles. The molecule has 0 bridgehead atoms. The van der Waals surface area contributed by atoms with E-state index < -0.39 is 0 Å². The van der Waals surface area contributed by atoms with E-state index in [2.05, 4.69) is 25.7 Å². The van der Waals surface area contributed by atoms with Crippen molar-refractivity contribution in [1.29, 1.82) is 0 Å². The average molecular weight is 280 g/mol. The molecule has 3 nitrogen and oxygen atoms in total. The summed E-state index contributed by atoms with van der Waals surface area (Å²) in [6.45, 7) is 8.69. The molecule has 2 atom stereocenters. The largest absolute Gasteiger partial charge is 0.373 e.